The summed E-state index contributed by atoms with van der Waals surface area (Å²) in [5.41, 5.74) is 0.713. The Bertz CT molecular complexity index is 739. The van der Waals surface area contributed by atoms with Crippen LogP contribution in [0.25, 0.3) is 10.9 Å². The quantitative estimate of drug-likeness (QED) is 0.851. The summed E-state index contributed by atoms with van der Waals surface area (Å²) < 4.78 is 6.25. The molecule has 0 aliphatic heterocycles. The molecule has 0 aliphatic carbocycles. The Balaban J connectivity index is 2.37. The van der Waals surface area contributed by atoms with Crippen molar-refractivity contribution in [1.82, 2.24) is 15.1 Å². The van der Waals surface area contributed by atoms with Gasteiger partial charge in [-0.1, -0.05) is 25.4 Å². The van der Waals surface area contributed by atoms with E-state index in [9.17, 15) is 9.59 Å². The molecule has 0 spiro atoms. The Morgan fingerprint density at radius 1 is 1.35 bits per heavy atom. The van der Waals surface area contributed by atoms with Crippen molar-refractivity contribution in [2.45, 2.75) is 33.4 Å². The summed E-state index contributed by atoms with van der Waals surface area (Å²) in [5.74, 6) is -0.404. The van der Waals surface area contributed by atoms with Crippen molar-refractivity contribution >= 4 is 34.4 Å². The number of esters is 1. The summed E-state index contributed by atoms with van der Waals surface area (Å²) in [6.45, 7) is 6.01. The first-order valence-electron chi connectivity index (χ1n) is 7.36. The predicted octanol–water partition coefficient (Wildman–Crippen LogP) is 2.64. The molecule has 124 valence electrons. The average Bonchev–Trinajstić information content (AvgIpc) is 2.89. The molecule has 7 heteroatoms. The van der Waals surface area contributed by atoms with Crippen LogP contribution in [0.15, 0.2) is 18.3 Å². The fourth-order valence-corrected chi connectivity index (χ4v) is 2.40. The zero-order chi connectivity index (χ0) is 17.1. The number of nitrogens with zero attached hydrogens (tertiary/aromatic N) is 2. The monoisotopic (exact) mass is 337 g/mol. The molecule has 2 rings (SSSR count). The molecular weight excluding hydrogens is 318 g/mol. The van der Waals surface area contributed by atoms with Gasteiger partial charge in [-0.15, -0.1) is 0 Å². The van der Waals surface area contributed by atoms with Gasteiger partial charge in [0.25, 0.3) is 0 Å². The third-order valence-electron chi connectivity index (χ3n) is 3.82. The molecule has 1 atom stereocenters. The molecule has 0 bridgehead atoms. The number of aromatic nitrogens is 2. The SMILES string of the molecule is COC(=O)c1c(Cl)ccc2cnn(CC(=O)NC(C)C(C)C)c12. The molecular formula is C16H20ClN3O3. The number of hydrogen-bond donors (Lipinski definition) is 1. The standard InChI is InChI=1S/C16H20ClN3O3/c1-9(2)10(3)19-13(21)8-20-15-11(7-18-20)5-6-12(17)14(15)16(22)23-4/h5-7,9-10H,8H2,1-4H3,(H,19,21). The van der Waals surface area contributed by atoms with Crippen LogP contribution in [-0.2, 0) is 16.1 Å². The van der Waals surface area contributed by atoms with Crippen LogP contribution in [0.3, 0.4) is 0 Å². The lowest BCUT2D eigenvalue weighted by Gasteiger charge is -2.17. The van der Waals surface area contributed by atoms with E-state index in [-0.39, 0.29) is 29.1 Å². The van der Waals surface area contributed by atoms with E-state index in [2.05, 4.69) is 10.4 Å². The summed E-state index contributed by atoms with van der Waals surface area (Å²) in [7, 11) is 1.29. The maximum Gasteiger partial charge on any atom is 0.341 e. The molecule has 1 unspecified atom stereocenters. The van der Waals surface area contributed by atoms with E-state index in [0.29, 0.717) is 11.4 Å². The first-order valence-corrected chi connectivity index (χ1v) is 7.74. The maximum absolute atomic E-state index is 12.2. The Kier molecular flexibility index (Phi) is 5.26. The summed E-state index contributed by atoms with van der Waals surface area (Å²) in [4.78, 5) is 24.2. The zero-order valence-electron chi connectivity index (χ0n) is 13.6. The molecule has 0 saturated heterocycles. The number of carbonyl (C=O) groups excluding carboxylic acids is 2. The van der Waals surface area contributed by atoms with Crippen LogP contribution >= 0.6 is 11.6 Å². The smallest absolute Gasteiger partial charge is 0.341 e. The number of ether oxygens (including phenoxy) is 1. The van der Waals surface area contributed by atoms with Gasteiger partial charge in [-0.3, -0.25) is 9.48 Å². The van der Waals surface area contributed by atoms with E-state index in [1.54, 1.807) is 18.3 Å². The van der Waals surface area contributed by atoms with Crippen molar-refractivity contribution in [3.63, 3.8) is 0 Å². The number of fused-ring (bicyclic) bond motifs is 1. The molecule has 2 aromatic rings. The van der Waals surface area contributed by atoms with Crippen molar-refractivity contribution in [3.05, 3.63) is 28.9 Å². The predicted molar refractivity (Wildman–Crippen MR) is 88.5 cm³/mol. The van der Waals surface area contributed by atoms with Crippen LogP contribution in [0.4, 0.5) is 0 Å². The lowest BCUT2D eigenvalue weighted by molar-refractivity contribution is -0.122. The molecule has 0 aliphatic rings. The maximum atomic E-state index is 12.2. The van der Waals surface area contributed by atoms with Crippen LogP contribution < -0.4 is 5.32 Å². The zero-order valence-corrected chi connectivity index (χ0v) is 14.3. The number of amides is 1. The second-order valence-corrected chi connectivity index (χ2v) is 6.16. The first kappa shape index (κ1) is 17.3. The molecule has 1 amide bonds. The number of halogens is 1. The van der Waals surface area contributed by atoms with Crippen LogP contribution in [0.1, 0.15) is 31.1 Å². The highest BCUT2D eigenvalue weighted by molar-refractivity contribution is 6.35. The number of hydrogen-bond acceptors (Lipinski definition) is 4. The van der Waals surface area contributed by atoms with E-state index >= 15 is 0 Å². The Labute approximate surface area is 139 Å². The highest BCUT2D eigenvalue weighted by atomic mass is 35.5. The minimum absolute atomic E-state index is 0.00486. The van der Waals surface area contributed by atoms with Gasteiger partial charge in [0, 0.05) is 11.4 Å². The van der Waals surface area contributed by atoms with Gasteiger partial charge in [-0.05, 0) is 25.0 Å². The fourth-order valence-electron chi connectivity index (χ4n) is 2.17. The second kappa shape index (κ2) is 7.00. The van der Waals surface area contributed by atoms with Gasteiger partial charge >= 0.3 is 5.97 Å². The van der Waals surface area contributed by atoms with Crippen LogP contribution in [0.5, 0.6) is 0 Å². The van der Waals surface area contributed by atoms with Crippen molar-refractivity contribution in [2.24, 2.45) is 5.92 Å². The number of benzene rings is 1. The van der Waals surface area contributed by atoms with Crippen molar-refractivity contribution < 1.29 is 14.3 Å². The fraction of sp³-hybridized carbons (Fsp3) is 0.438. The molecule has 0 saturated carbocycles. The van der Waals surface area contributed by atoms with Gasteiger partial charge in [0.2, 0.25) is 5.91 Å². The third-order valence-corrected chi connectivity index (χ3v) is 4.14. The highest BCUT2D eigenvalue weighted by Crippen LogP contribution is 2.26. The normalized spacial score (nSPS) is 12.4. The molecule has 1 aromatic carbocycles. The molecule has 0 radical (unpaired) electrons. The van der Waals surface area contributed by atoms with Crippen molar-refractivity contribution in [1.29, 1.82) is 0 Å². The van der Waals surface area contributed by atoms with Crippen LogP contribution in [-0.4, -0.2) is 34.8 Å². The van der Waals surface area contributed by atoms with Crippen LogP contribution in [0.2, 0.25) is 5.02 Å². The first-order chi connectivity index (χ1) is 10.8. The van der Waals surface area contributed by atoms with E-state index in [1.807, 2.05) is 20.8 Å². The van der Waals surface area contributed by atoms with E-state index in [4.69, 9.17) is 16.3 Å². The largest absolute Gasteiger partial charge is 0.465 e. The summed E-state index contributed by atoms with van der Waals surface area (Å²) in [6.07, 6.45) is 1.59. The summed E-state index contributed by atoms with van der Waals surface area (Å²) >= 11 is 6.13. The van der Waals surface area contributed by atoms with Gasteiger partial charge in [0.05, 0.1) is 23.8 Å². The number of nitrogens with one attached hydrogen (secondary N) is 1. The van der Waals surface area contributed by atoms with Gasteiger partial charge in [-0.2, -0.15) is 5.10 Å². The Morgan fingerprint density at radius 3 is 2.65 bits per heavy atom. The molecule has 1 N–H and O–H groups in total. The van der Waals surface area contributed by atoms with Gasteiger partial charge < -0.3 is 10.1 Å². The number of carbonyl (C=O) groups is 2. The molecule has 0 fully saturated rings. The topological polar surface area (TPSA) is 73.2 Å². The number of rotatable bonds is 5. The third kappa shape index (κ3) is 3.64. The van der Waals surface area contributed by atoms with Crippen LogP contribution in [0, 0.1) is 5.92 Å². The van der Waals surface area contributed by atoms with Gasteiger partial charge in [0.15, 0.2) is 0 Å². The average molecular weight is 338 g/mol. The minimum Gasteiger partial charge on any atom is -0.465 e. The number of methoxy groups -OCH3 is 1. The van der Waals surface area contributed by atoms with Gasteiger partial charge in [-0.25, -0.2) is 4.79 Å². The van der Waals surface area contributed by atoms with Gasteiger partial charge in [0.1, 0.15) is 12.1 Å². The van der Waals surface area contributed by atoms with E-state index in [1.165, 1.54) is 11.8 Å². The molecule has 1 heterocycles. The van der Waals surface area contributed by atoms with E-state index < -0.39 is 5.97 Å². The minimum atomic E-state index is -0.557. The van der Waals surface area contributed by atoms with E-state index in [0.717, 1.165) is 5.39 Å². The summed E-state index contributed by atoms with van der Waals surface area (Å²) in [6, 6.07) is 3.42. The Morgan fingerprint density at radius 2 is 2.04 bits per heavy atom. The molecule has 23 heavy (non-hydrogen) atoms. The van der Waals surface area contributed by atoms with Crippen molar-refractivity contribution in [3.8, 4) is 0 Å². The van der Waals surface area contributed by atoms with Crippen molar-refractivity contribution in [2.75, 3.05) is 7.11 Å². The highest BCUT2D eigenvalue weighted by Gasteiger charge is 2.20. The Hall–Kier alpha value is -2.08. The summed E-state index contributed by atoms with van der Waals surface area (Å²) in [5, 5.41) is 8.09. The molecule has 1 aromatic heterocycles. The molecule has 6 nitrogen and oxygen atoms in total. The second-order valence-electron chi connectivity index (χ2n) is 5.75. The lowest BCUT2D eigenvalue weighted by atomic mass is 10.1. The lowest BCUT2D eigenvalue weighted by Crippen LogP contribution is -2.38.